The first-order valence-electron chi connectivity index (χ1n) is 19.4. The third-order valence-corrected chi connectivity index (χ3v) is 12.4. The summed E-state index contributed by atoms with van der Waals surface area (Å²) in [6.07, 6.45) is 0. The summed E-state index contributed by atoms with van der Waals surface area (Å²) < 4.78 is 5.03. The van der Waals surface area contributed by atoms with E-state index in [1.54, 1.807) is 0 Å². The quantitative estimate of drug-likeness (QED) is 0.158. The largest absolute Gasteiger partial charge is 0.310 e. The minimum Gasteiger partial charge on any atom is -0.310 e. The van der Waals surface area contributed by atoms with Gasteiger partial charge < -0.3 is 9.47 Å². The van der Waals surface area contributed by atoms with Crippen molar-refractivity contribution in [1.82, 2.24) is 4.57 Å². The maximum Gasteiger partial charge on any atom is 0.0541 e. The molecular weight excluding hydrogens is 709 g/mol. The Morgan fingerprint density at radius 1 is 0.333 bits per heavy atom. The topological polar surface area (TPSA) is 8.17 Å². The van der Waals surface area contributed by atoms with Gasteiger partial charge in [-0.15, -0.1) is 11.3 Å². The number of para-hydroxylation sites is 4. The Bertz CT molecular complexity index is 3180. The molecule has 9 aromatic carbocycles. The first-order valence-corrected chi connectivity index (χ1v) is 20.2. The lowest BCUT2D eigenvalue weighted by molar-refractivity contribution is 1.18. The summed E-state index contributed by atoms with van der Waals surface area (Å²) >= 11 is 1.85. The Kier molecular flexibility index (Phi) is 8.04. The highest BCUT2D eigenvalue weighted by atomic mass is 32.1. The summed E-state index contributed by atoms with van der Waals surface area (Å²) in [6.45, 7) is 0. The van der Waals surface area contributed by atoms with Crippen LogP contribution in [0.3, 0.4) is 0 Å². The summed E-state index contributed by atoms with van der Waals surface area (Å²) in [5, 5.41) is 5.08. The van der Waals surface area contributed by atoms with Crippen molar-refractivity contribution in [1.29, 1.82) is 0 Å². The molecule has 268 valence electrons. The van der Waals surface area contributed by atoms with Crippen molar-refractivity contribution in [3.8, 4) is 39.1 Å². The molecule has 0 unspecified atom stereocenters. The predicted octanol–water partition coefficient (Wildman–Crippen LogP) is 15.6. The van der Waals surface area contributed by atoms with Crippen LogP contribution in [0, 0.1) is 0 Å². The van der Waals surface area contributed by atoms with Gasteiger partial charge in [0, 0.05) is 53.4 Å². The Labute approximate surface area is 335 Å². The first-order chi connectivity index (χ1) is 28.3. The molecule has 2 aromatic heterocycles. The Morgan fingerprint density at radius 2 is 0.895 bits per heavy atom. The van der Waals surface area contributed by atoms with Gasteiger partial charge in [-0.1, -0.05) is 152 Å². The van der Waals surface area contributed by atoms with Crippen molar-refractivity contribution in [3.63, 3.8) is 0 Å². The second-order valence-electron chi connectivity index (χ2n) is 14.5. The van der Waals surface area contributed by atoms with E-state index in [0.29, 0.717) is 0 Å². The standard InChI is InChI=1S/C54H36N2S/c1-3-15-37(16-4-1)38-27-29-39(30-28-38)47-35-40(43-19-7-11-23-49(43)56-50-24-12-8-20-44(50)45-21-9-13-25-51(45)56)31-33-52(47)55(41-17-5-2-6-18-41)42-32-34-54-48(36-42)46-22-10-14-26-53(46)57-54/h1-36H. The van der Waals surface area contributed by atoms with Crippen molar-refractivity contribution in [2.75, 3.05) is 4.90 Å². The summed E-state index contributed by atoms with van der Waals surface area (Å²) in [5.41, 5.74) is 14.0. The normalized spacial score (nSPS) is 11.5. The van der Waals surface area contributed by atoms with E-state index in [4.69, 9.17) is 0 Å². The Balaban J connectivity index is 1.14. The average Bonchev–Trinajstić information content (AvgIpc) is 3.83. The molecule has 0 fully saturated rings. The molecule has 0 aliphatic rings. The lowest BCUT2D eigenvalue weighted by Gasteiger charge is -2.28. The minimum atomic E-state index is 1.11. The van der Waals surface area contributed by atoms with Gasteiger partial charge in [-0.3, -0.25) is 0 Å². The number of hydrogen-bond acceptors (Lipinski definition) is 2. The van der Waals surface area contributed by atoms with Gasteiger partial charge in [0.25, 0.3) is 0 Å². The lowest BCUT2D eigenvalue weighted by Crippen LogP contribution is -2.11. The van der Waals surface area contributed by atoms with Gasteiger partial charge >= 0.3 is 0 Å². The van der Waals surface area contributed by atoms with Crippen molar-refractivity contribution < 1.29 is 0 Å². The summed E-state index contributed by atoms with van der Waals surface area (Å²) in [7, 11) is 0. The molecule has 0 aliphatic heterocycles. The number of anilines is 3. The number of hydrogen-bond donors (Lipinski definition) is 0. The van der Waals surface area contributed by atoms with E-state index in [2.05, 4.69) is 228 Å². The van der Waals surface area contributed by atoms with Crippen LogP contribution < -0.4 is 4.90 Å². The summed E-state index contributed by atoms with van der Waals surface area (Å²) in [5.74, 6) is 0. The van der Waals surface area contributed by atoms with Crippen LogP contribution in [0.5, 0.6) is 0 Å². The van der Waals surface area contributed by atoms with Crippen LogP contribution in [0.4, 0.5) is 17.1 Å². The van der Waals surface area contributed by atoms with Gasteiger partial charge in [0.1, 0.15) is 0 Å². The minimum absolute atomic E-state index is 1.11. The maximum atomic E-state index is 2.43. The number of benzene rings is 9. The molecule has 0 bridgehead atoms. The second kappa shape index (κ2) is 13.8. The molecule has 0 amide bonds. The van der Waals surface area contributed by atoms with Crippen LogP contribution in [0.1, 0.15) is 0 Å². The molecule has 0 saturated carbocycles. The van der Waals surface area contributed by atoms with E-state index < -0.39 is 0 Å². The third kappa shape index (κ3) is 5.71. The lowest BCUT2D eigenvalue weighted by atomic mass is 9.94. The molecule has 2 nitrogen and oxygen atoms in total. The molecule has 2 heterocycles. The molecule has 0 atom stereocenters. The highest BCUT2D eigenvalue weighted by molar-refractivity contribution is 7.25. The number of nitrogens with zero attached hydrogens (tertiary/aromatic N) is 2. The van der Waals surface area contributed by atoms with E-state index in [1.165, 1.54) is 58.7 Å². The highest BCUT2D eigenvalue weighted by Gasteiger charge is 2.21. The van der Waals surface area contributed by atoms with Crippen LogP contribution >= 0.6 is 11.3 Å². The molecule has 11 rings (SSSR count). The number of aromatic nitrogens is 1. The SMILES string of the molecule is c1ccc(-c2ccc(-c3cc(-c4ccccc4-n4c5ccccc5c5ccccc54)ccc3N(c3ccccc3)c3ccc4sc5ccccc5c4c3)cc2)cc1. The van der Waals surface area contributed by atoms with Crippen molar-refractivity contribution >= 4 is 70.4 Å². The summed E-state index contributed by atoms with van der Waals surface area (Å²) in [4.78, 5) is 2.43. The number of rotatable bonds is 7. The van der Waals surface area contributed by atoms with Crippen molar-refractivity contribution in [2.24, 2.45) is 0 Å². The van der Waals surface area contributed by atoms with Gasteiger partial charge in [-0.2, -0.15) is 0 Å². The highest BCUT2D eigenvalue weighted by Crippen LogP contribution is 2.46. The molecule has 11 aromatic rings. The first kappa shape index (κ1) is 33.2. The van der Waals surface area contributed by atoms with Crippen molar-refractivity contribution in [2.45, 2.75) is 0 Å². The molecule has 0 saturated heterocycles. The molecule has 3 heteroatoms. The van der Waals surface area contributed by atoms with E-state index in [9.17, 15) is 0 Å². The molecule has 57 heavy (non-hydrogen) atoms. The maximum absolute atomic E-state index is 2.43. The van der Waals surface area contributed by atoms with Gasteiger partial charge in [0.15, 0.2) is 0 Å². The van der Waals surface area contributed by atoms with Crippen LogP contribution in [0.15, 0.2) is 218 Å². The number of thiophene rings is 1. The van der Waals surface area contributed by atoms with Crippen LogP contribution in [-0.4, -0.2) is 4.57 Å². The Morgan fingerprint density at radius 3 is 1.65 bits per heavy atom. The molecule has 0 radical (unpaired) electrons. The molecule has 0 aliphatic carbocycles. The third-order valence-electron chi connectivity index (χ3n) is 11.2. The van der Waals surface area contributed by atoms with Gasteiger partial charge in [-0.25, -0.2) is 0 Å². The van der Waals surface area contributed by atoms with Crippen LogP contribution in [0.2, 0.25) is 0 Å². The fourth-order valence-electron chi connectivity index (χ4n) is 8.55. The average molecular weight is 745 g/mol. The van der Waals surface area contributed by atoms with Crippen molar-refractivity contribution in [3.05, 3.63) is 218 Å². The molecular formula is C54H36N2S. The zero-order valence-electron chi connectivity index (χ0n) is 31.1. The van der Waals surface area contributed by atoms with E-state index in [-0.39, 0.29) is 0 Å². The number of fused-ring (bicyclic) bond motifs is 6. The van der Waals surface area contributed by atoms with E-state index in [1.807, 2.05) is 11.3 Å². The zero-order valence-corrected chi connectivity index (χ0v) is 31.9. The van der Waals surface area contributed by atoms with Crippen LogP contribution in [-0.2, 0) is 0 Å². The summed E-state index contributed by atoms with van der Waals surface area (Å²) in [6, 6.07) is 79.5. The Hall–Kier alpha value is -7.20. The van der Waals surface area contributed by atoms with E-state index >= 15 is 0 Å². The van der Waals surface area contributed by atoms with Gasteiger partial charge in [0.05, 0.1) is 22.4 Å². The van der Waals surface area contributed by atoms with E-state index in [0.717, 1.165) is 39.4 Å². The second-order valence-corrected chi connectivity index (χ2v) is 15.6. The molecule has 0 N–H and O–H groups in total. The smallest absolute Gasteiger partial charge is 0.0541 e. The predicted molar refractivity (Wildman–Crippen MR) is 245 cm³/mol. The van der Waals surface area contributed by atoms with Gasteiger partial charge in [0.2, 0.25) is 0 Å². The fourth-order valence-corrected chi connectivity index (χ4v) is 9.64. The van der Waals surface area contributed by atoms with Gasteiger partial charge in [-0.05, 0) is 89.0 Å². The molecule has 0 spiro atoms. The zero-order chi connectivity index (χ0) is 37.7. The monoisotopic (exact) mass is 744 g/mol. The van der Waals surface area contributed by atoms with Crippen LogP contribution in [0.25, 0.3) is 81.0 Å². The fraction of sp³-hybridized carbons (Fsp3) is 0.